The summed E-state index contributed by atoms with van der Waals surface area (Å²) in [4.78, 5) is 17.0. The van der Waals surface area contributed by atoms with Crippen molar-refractivity contribution in [2.75, 3.05) is 31.1 Å². The number of anilines is 1. The van der Waals surface area contributed by atoms with E-state index in [9.17, 15) is 4.79 Å². The molecule has 3 rings (SSSR count). The van der Waals surface area contributed by atoms with Crippen molar-refractivity contribution in [3.63, 3.8) is 0 Å². The summed E-state index contributed by atoms with van der Waals surface area (Å²) in [5, 5.41) is 0. The van der Waals surface area contributed by atoms with Gasteiger partial charge >= 0.3 is 0 Å². The van der Waals surface area contributed by atoms with Gasteiger partial charge < -0.3 is 9.80 Å². The van der Waals surface area contributed by atoms with Crippen molar-refractivity contribution < 1.29 is 4.79 Å². The molecule has 1 aliphatic rings. The van der Waals surface area contributed by atoms with Gasteiger partial charge in [0, 0.05) is 38.3 Å². The third-order valence-corrected chi connectivity index (χ3v) is 5.11. The first kappa shape index (κ1) is 17.5. The zero-order chi connectivity index (χ0) is 17.8. The highest BCUT2D eigenvalue weighted by molar-refractivity contribution is 5.77. The molecule has 3 heteroatoms. The number of rotatable bonds is 4. The number of carbonyl (C=O) groups excluding carboxylic acids is 1. The van der Waals surface area contributed by atoms with Crippen LogP contribution in [0.15, 0.2) is 42.5 Å². The van der Waals surface area contributed by atoms with E-state index in [4.69, 9.17) is 0 Å². The van der Waals surface area contributed by atoms with E-state index in [1.165, 1.54) is 27.9 Å². The van der Waals surface area contributed by atoms with Gasteiger partial charge in [0.15, 0.2) is 0 Å². The summed E-state index contributed by atoms with van der Waals surface area (Å²) in [5.41, 5.74) is 6.40. The first-order chi connectivity index (χ1) is 12.0. The van der Waals surface area contributed by atoms with Crippen molar-refractivity contribution in [2.45, 2.75) is 33.6 Å². The minimum atomic E-state index is 0.281. The Morgan fingerprint density at radius 2 is 1.64 bits per heavy atom. The summed E-state index contributed by atoms with van der Waals surface area (Å²) in [6.07, 6.45) is 1.44. The van der Waals surface area contributed by atoms with Gasteiger partial charge in [-0.3, -0.25) is 4.79 Å². The average molecular weight is 336 g/mol. The lowest BCUT2D eigenvalue weighted by molar-refractivity contribution is -0.131. The van der Waals surface area contributed by atoms with Crippen molar-refractivity contribution in [3.8, 4) is 0 Å². The molecule has 3 nitrogen and oxygen atoms in total. The number of aryl methyl sites for hydroxylation is 4. The Hall–Kier alpha value is -2.29. The van der Waals surface area contributed by atoms with Crippen LogP contribution in [-0.2, 0) is 11.2 Å². The minimum Gasteiger partial charge on any atom is -0.368 e. The second-order valence-electron chi connectivity index (χ2n) is 7.14. The summed E-state index contributed by atoms with van der Waals surface area (Å²) < 4.78 is 0. The number of amides is 1. The zero-order valence-corrected chi connectivity index (χ0v) is 15.6. The Morgan fingerprint density at radius 1 is 0.920 bits per heavy atom. The van der Waals surface area contributed by atoms with E-state index >= 15 is 0 Å². The predicted molar refractivity (Wildman–Crippen MR) is 104 cm³/mol. The summed E-state index contributed by atoms with van der Waals surface area (Å²) in [7, 11) is 0. The van der Waals surface area contributed by atoms with Gasteiger partial charge in [-0.25, -0.2) is 0 Å². The van der Waals surface area contributed by atoms with E-state index in [1.54, 1.807) is 0 Å². The van der Waals surface area contributed by atoms with Crippen molar-refractivity contribution in [1.29, 1.82) is 0 Å². The predicted octanol–water partition coefficient (Wildman–Crippen LogP) is 3.89. The van der Waals surface area contributed by atoms with Crippen molar-refractivity contribution in [2.24, 2.45) is 0 Å². The van der Waals surface area contributed by atoms with Crippen LogP contribution in [0.3, 0.4) is 0 Å². The van der Waals surface area contributed by atoms with Crippen LogP contribution in [0.5, 0.6) is 0 Å². The molecule has 0 aliphatic carbocycles. The number of hydrogen-bond donors (Lipinski definition) is 0. The molecule has 0 saturated carbocycles. The molecule has 1 heterocycles. The molecule has 0 spiro atoms. The smallest absolute Gasteiger partial charge is 0.223 e. The standard InChI is InChI=1S/C22H28N2O/c1-17-5-4-6-21(16-17)23-11-13-24(14-12-23)22(25)10-9-20-8-7-18(2)15-19(20)3/h4-8,15-16H,9-14H2,1-3H3. The molecule has 0 radical (unpaired) electrons. The molecule has 0 atom stereocenters. The Labute approximate surface area is 151 Å². The molecule has 2 aromatic rings. The molecule has 25 heavy (non-hydrogen) atoms. The van der Waals surface area contributed by atoms with Crippen LogP contribution in [0.2, 0.25) is 0 Å². The molecule has 2 aromatic carbocycles. The van der Waals surface area contributed by atoms with Crippen LogP contribution in [0, 0.1) is 20.8 Å². The van der Waals surface area contributed by atoms with Gasteiger partial charge in [0.25, 0.3) is 0 Å². The fourth-order valence-corrected chi connectivity index (χ4v) is 3.56. The highest BCUT2D eigenvalue weighted by Crippen LogP contribution is 2.19. The third kappa shape index (κ3) is 4.41. The summed E-state index contributed by atoms with van der Waals surface area (Å²) >= 11 is 0. The first-order valence-electron chi connectivity index (χ1n) is 9.18. The highest BCUT2D eigenvalue weighted by atomic mass is 16.2. The molecule has 1 saturated heterocycles. The molecular weight excluding hydrogens is 308 g/mol. The fourth-order valence-electron chi connectivity index (χ4n) is 3.56. The van der Waals surface area contributed by atoms with Gasteiger partial charge in [-0.2, -0.15) is 0 Å². The normalized spacial score (nSPS) is 14.7. The molecule has 132 valence electrons. The SMILES string of the molecule is Cc1cccc(N2CCN(C(=O)CCc3ccc(C)cc3C)CC2)c1. The monoisotopic (exact) mass is 336 g/mol. The maximum absolute atomic E-state index is 12.6. The van der Waals surface area contributed by atoms with Crippen molar-refractivity contribution in [1.82, 2.24) is 4.90 Å². The number of hydrogen-bond acceptors (Lipinski definition) is 2. The Balaban J connectivity index is 1.51. The van der Waals surface area contributed by atoms with E-state index in [-0.39, 0.29) is 5.91 Å². The Bertz CT molecular complexity index is 745. The van der Waals surface area contributed by atoms with Crippen LogP contribution in [0.1, 0.15) is 28.7 Å². The number of nitrogens with zero attached hydrogens (tertiary/aromatic N) is 2. The van der Waals surface area contributed by atoms with Gasteiger partial charge in [0.2, 0.25) is 5.91 Å². The van der Waals surface area contributed by atoms with Crippen LogP contribution in [-0.4, -0.2) is 37.0 Å². The molecule has 1 amide bonds. The topological polar surface area (TPSA) is 23.6 Å². The van der Waals surface area contributed by atoms with E-state index in [0.29, 0.717) is 6.42 Å². The summed E-state index contributed by atoms with van der Waals surface area (Å²) in [5.74, 6) is 0.281. The van der Waals surface area contributed by atoms with Crippen LogP contribution >= 0.6 is 0 Å². The van der Waals surface area contributed by atoms with Gasteiger partial charge in [0.05, 0.1) is 0 Å². The van der Waals surface area contributed by atoms with E-state index in [2.05, 4.69) is 68.1 Å². The molecule has 0 bridgehead atoms. The molecule has 1 aliphatic heterocycles. The second-order valence-corrected chi connectivity index (χ2v) is 7.14. The second kappa shape index (κ2) is 7.73. The van der Waals surface area contributed by atoms with Crippen molar-refractivity contribution in [3.05, 3.63) is 64.7 Å². The lowest BCUT2D eigenvalue weighted by Gasteiger charge is -2.36. The Morgan fingerprint density at radius 3 is 2.32 bits per heavy atom. The zero-order valence-electron chi connectivity index (χ0n) is 15.6. The number of benzene rings is 2. The van der Waals surface area contributed by atoms with E-state index in [1.807, 2.05) is 4.90 Å². The van der Waals surface area contributed by atoms with Crippen LogP contribution in [0.25, 0.3) is 0 Å². The van der Waals surface area contributed by atoms with Gasteiger partial charge in [-0.05, 0) is 56.0 Å². The van der Waals surface area contributed by atoms with Gasteiger partial charge in [-0.1, -0.05) is 35.9 Å². The molecule has 1 fully saturated rings. The third-order valence-electron chi connectivity index (χ3n) is 5.11. The average Bonchev–Trinajstić information content (AvgIpc) is 2.61. The van der Waals surface area contributed by atoms with Gasteiger partial charge in [-0.15, -0.1) is 0 Å². The van der Waals surface area contributed by atoms with Crippen molar-refractivity contribution >= 4 is 11.6 Å². The minimum absolute atomic E-state index is 0.281. The molecule has 0 N–H and O–H groups in total. The summed E-state index contributed by atoms with van der Waals surface area (Å²) in [6.45, 7) is 9.83. The maximum Gasteiger partial charge on any atom is 0.223 e. The van der Waals surface area contributed by atoms with E-state index < -0.39 is 0 Å². The molecular formula is C22H28N2O. The number of carbonyl (C=O) groups is 1. The lowest BCUT2D eigenvalue weighted by atomic mass is 10.0. The largest absolute Gasteiger partial charge is 0.368 e. The quantitative estimate of drug-likeness (QED) is 0.845. The lowest BCUT2D eigenvalue weighted by Crippen LogP contribution is -2.48. The molecule has 0 unspecified atom stereocenters. The number of piperazine rings is 1. The van der Waals surface area contributed by atoms with Crippen LogP contribution in [0.4, 0.5) is 5.69 Å². The fraction of sp³-hybridized carbons (Fsp3) is 0.409. The first-order valence-corrected chi connectivity index (χ1v) is 9.18. The van der Waals surface area contributed by atoms with E-state index in [0.717, 1.165) is 32.6 Å². The maximum atomic E-state index is 12.6. The Kier molecular flexibility index (Phi) is 5.42. The molecule has 0 aromatic heterocycles. The highest BCUT2D eigenvalue weighted by Gasteiger charge is 2.21. The van der Waals surface area contributed by atoms with Crippen LogP contribution < -0.4 is 4.90 Å². The van der Waals surface area contributed by atoms with Gasteiger partial charge in [0.1, 0.15) is 0 Å². The summed E-state index contributed by atoms with van der Waals surface area (Å²) in [6, 6.07) is 15.1.